The molecule has 1 saturated carbocycles. The molecule has 2 fully saturated rings. The molecule has 0 spiro atoms. The molecule has 0 radical (unpaired) electrons. The molecule has 0 aromatic heterocycles. The van der Waals surface area contributed by atoms with Crippen LogP contribution in [-0.4, -0.2) is 48.0 Å². The summed E-state index contributed by atoms with van der Waals surface area (Å²) in [5.41, 5.74) is 0. The Morgan fingerprint density at radius 2 is 2.12 bits per heavy atom. The zero-order chi connectivity index (χ0) is 12.3. The Morgan fingerprint density at radius 1 is 1.35 bits per heavy atom. The fourth-order valence-corrected chi connectivity index (χ4v) is 2.89. The maximum Gasteiger partial charge on any atom is 0.237 e. The molecule has 4 N–H and O–H groups in total. The van der Waals surface area contributed by atoms with Gasteiger partial charge < -0.3 is 20.8 Å². The summed E-state index contributed by atoms with van der Waals surface area (Å²) in [6.07, 6.45) is 3.40. The lowest BCUT2D eigenvalue weighted by Crippen LogP contribution is -2.42. The van der Waals surface area contributed by atoms with Crippen LogP contribution in [0.5, 0.6) is 0 Å². The highest BCUT2D eigenvalue weighted by atomic mass is 16.3. The second-order valence-corrected chi connectivity index (χ2v) is 5.23. The van der Waals surface area contributed by atoms with E-state index < -0.39 is 6.10 Å². The van der Waals surface area contributed by atoms with Crippen LogP contribution < -0.4 is 10.6 Å². The third-order valence-corrected chi connectivity index (χ3v) is 4.01. The molecule has 0 aromatic carbocycles. The van der Waals surface area contributed by atoms with Gasteiger partial charge in [-0.25, -0.2) is 0 Å². The van der Waals surface area contributed by atoms with E-state index in [-0.39, 0.29) is 18.6 Å². The zero-order valence-electron chi connectivity index (χ0n) is 10.1. The van der Waals surface area contributed by atoms with Gasteiger partial charge >= 0.3 is 0 Å². The Bertz CT molecular complexity index is 272. The minimum Gasteiger partial charge on any atom is -0.396 e. The smallest absolute Gasteiger partial charge is 0.237 e. The third-order valence-electron chi connectivity index (χ3n) is 4.01. The van der Waals surface area contributed by atoms with E-state index >= 15 is 0 Å². The lowest BCUT2D eigenvalue weighted by molar-refractivity contribution is -0.123. The van der Waals surface area contributed by atoms with E-state index in [0.29, 0.717) is 31.3 Å². The van der Waals surface area contributed by atoms with E-state index in [4.69, 9.17) is 0 Å². The second kappa shape index (κ2) is 5.80. The highest BCUT2D eigenvalue weighted by Crippen LogP contribution is 2.30. The standard InChI is InChI=1S/C12H22N2O3/c15-7-9-3-1-2-8(9)5-14-12(17)11-4-10(16)6-13-11/h8-11,13,15-16H,1-7H2,(H,14,17). The number of aliphatic hydroxyl groups excluding tert-OH is 2. The largest absolute Gasteiger partial charge is 0.396 e. The van der Waals surface area contributed by atoms with Crippen LogP contribution in [0.15, 0.2) is 0 Å². The predicted molar refractivity (Wildman–Crippen MR) is 63.3 cm³/mol. The van der Waals surface area contributed by atoms with Gasteiger partial charge in [0.05, 0.1) is 12.1 Å². The van der Waals surface area contributed by atoms with E-state index in [9.17, 15) is 15.0 Å². The van der Waals surface area contributed by atoms with Crippen molar-refractivity contribution in [1.82, 2.24) is 10.6 Å². The van der Waals surface area contributed by atoms with Crippen molar-refractivity contribution in [2.75, 3.05) is 19.7 Å². The molecule has 1 saturated heterocycles. The van der Waals surface area contributed by atoms with E-state index in [1.54, 1.807) is 0 Å². The van der Waals surface area contributed by atoms with E-state index in [1.165, 1.54) is 0 Å². The summed E-state index contributed by atoms with van der Waals surface area (Å²) in [6, 6.07) is -0.251. The number of hydrogen-bond acceptors (Lipinski definition) is 4. The topological polar surface area (TPSA) is 81.6 Å². The van der Waals surface area contributed by atoms with Crippen LogP contribution in [-0.2, 0) is 4.79 Å². The molecule has 1 aliphatic heterocycles. The minimum absolute atomic E-state index is 0.0230. The van der Waals surface area contributed by atoms with Crippen LogP contribution in [0.1, 0.15) is 25.7 Å². The van der Waals surface area contributed by atoms with Crippen molar-refractivity contribution in [2.24, 2.45) is 11.8 Å². The van der Waals surface area contributed by atoms with Crippen LogP contribution in [0.3, 0.4) is 0 Å². The summed E-state index contributed by atoms with van der Waals surface area (Å²) in [5, 5.41) is 24.4. The van der Waals surface area contributed by atoms with Crippen molar-refractivity contribution in [3.05, 3.63) is 0 Å². The van der Waals surface area contributed by atoms with E-state index in [0.717, 1.165) is 19.3 Å². The Balaban J connectivity index is 1.72. The van der Waals surface area contributed by atoms with Crippen molar-refractivity contribution in [1.29, 1.82) is 0 Å². The first-order chi connectivity index (χ1) is 8.20. The predicted octanol–water partition coefficient (Wildman–Crippen LogP) is -0.766. The molecule has 5 nitrogen and oxygen atoms in total. The molecular weight excluding hydrogens is 220 g/mol. The van der Waals surface area contributed by atoms with Gasteiger partial charge in [-0.05, 0) is 31.1 Å². The highest BCUT2D eigenvalue weighted by Gasteiger charge is 2.30. The van der Waals surface area contributed by atoms with Gasteiger partial charge in [0, 0.05) is 19.7 Å². The molecule has 1 amide bonds. The average Bonchev–Trinajstić information content (AvgIpc) is 2.94. The molecule has 17 heavy (non-hydrogen) atoms. The van der Waals surface area contributed by atoms with Crippen LogP contribution in [0.25, 0.3) is 0 Å². The molecule has 4 unspecified atom stereocenters. The first-order valence-electron chi connectivity index (χ1n) is 6.50. The van der Waals surface area contributed by atoms with Gasteiger partial charge in [0.15, 0.2) is 0 Å². The summed E-state index contributed by atoms with van der Waals surface area (Å²) in [6.45, 7) is 1.38. The van der Waals surface area contributed by atoms with Crippen LogP contribution in [0.4, 0.5) is 0 Å². The summed E-state index contributed by atoms with van der Waals surface area (Å²) in [4.78, 5) is 11.8. The third kappa shape index (κ3) is 3.18. The average molecular weight is 242 g/mol. The summed E-state index contributed by atoms with van der Waals surface area (Å²) in [7, 11) is 0. The van der Waals surface area contributed by atoms with E-state index in [2.05, 4.69) is 10.6 Å². The molecule has 0 aromatic rings. The Hall–Kier alpha value is -0.650. The molecule has 2 aliphatic rings. The number of carbonyl (C=O) groups excluding carboxylic acids is 1. The second-order valence-electron chi connectivity index (χ2n) is 5.23. The first-order valence-corrected chi connectivity index (χ1v) is 6.50. The maximum atomic E-state index is 11.8. The first kappa shape index (κ1) is 12.8. The number of aliphatic hydroxyl groups is 2. The maximum absolute atomic E-state index is 11.8. The van der Waals surface area contributed by atoms with Crippen molar-refractivity contribution < 1.29 is 15.0 Å². The van der Waals surface area contributed by atoms with Gasteiger partial charge in [-0.3, -0.25) is 4.79 Å². The summed E-state index contributed by atoms with van der Waals surface area (Å²) >= 11 is 0. The fourth-order valence-electron chi connectivity index (χ4n) is 2.89. The zero-order valence-corrected chi connectivity index (χ0v) is 10.1. The summed E-state index contributed by atoms with van der Waals surface area (Å²) < 4.78 is 0. The van der Waals surface area contributed by atoms with Crippen LogP contribution in [0, 0.1) is 11.8 Å². The van der Waals surface area contributed by atoms with Gasteiger partial charge in [0.1, 0.15) is 0 Å². The quantitative estimate of drug-likeness (QED) is 0.522. The monoisotopic (exact) mass is 242 g/mol. The number of β-amino-alcohol motifs (C(OH)–C–C–N with tert-alkyl or cyclic N) is 1. The number of carbonyl (C=O) groups is 1. The summed E-state index contributed by atoms with van der Waals surface area (Å²) in [5.74, 6) is 0.734. The van der Waals surface area contributed by atoms with Gasteiger partial charge in [0.25, 0.3) is 0 Å². The van der Waals surface area contributed by atoms with Gasteiger partial charge in [-0.15, -0.1) is 0 Å². The molecule has 98 valence electrons. The Labute approximate surface area is 102 Å². The van der Waals surface area contributed by atoms with Gasteiger partial charge in [0.2, 0.25) is 5.91 Å². The molecule has 5 heteroatoms. The van der Waals surface area contributed by atoms with Crippen molar-refractivity contribution in [2.45, 2.75) is 37.8 Å². The minimum atomic E-state index is -0.401. The number of hydrogen-bond donors (Lipinski definition) is 4. The lowest BCUT2D eigenvalue weighted by atomic mass is 9.97. The molecule has 2 rings (SSSR count). The van der Waals surface area contributed by atoms with Crippen LogP contribution >= 0.6 is 0 Å². The lowest BCUT2D eigenvalue weighted by Gasteiger charge is -2.19. The SMILES string of the molecule is O=C(NCC1CCCC1CO)C1CC(O)CN1. The van der Waals surface area contributed by atoms with Crippen molar-refractivity contribution in [3.8, 4) is 0 Å². The van der Waals surface area contributed by atoms with Crippen molar-refractivity contribution >= 4 is 5.91 Å². The fraction of sp³-hybridized carbons (Fsp3) is 0.917. The van der Waals surface area contributed by atoms with Gasteiger partial charge in [-0.1, -0.05) is 6.42 Å². The van der Waals surface area contributed by atoms with Crippen LogP contribution in [0.2, 0.25) is 0 Å². The molecule has 1 aliphatic carbocycles. The molecule has 0 bridgehead atoms. The number of rotatable bonds is 4. The van der Waals surface area contributed by atoms with Crippen molar-refractivity contribution in [3.63, 3.8) is 0 Å². The Kier molecular flexibility index (Phi) is 4.36. The highest BCUT2D eigenvalue weighted by molar-refractivity contribution is 5.82. The molecule has 1 heterocycles. The van der Waals surface area contributed by atoms with Gasteiger partial charge in [-0.2, -0.15) is 0 Å². The molecular formula is C12H22N2O3. The Morgan fingerprint density at radius 3 is 2.76 bits per heavy atom. The van der Waals surface area contributed by atoms with E-state index in [1.807, 2.05) is 0 Å². The normalized spacial score (nSPS) is 37.3. The number of nitrogens with one attached hydrogen (secondary N) is 2. The number of amides is 1. The molecule has 4 atom stereocenters.